The zero-order valence-corrected chi connectivity index (χ0v) is 14.9. The molecule has 0 bridgehead atoms. The molecule has 0 atom stereocenters. The van der Waals surface area contributed by atoms with E-state index in [1.807, 2.05) is 25.1 Å². The van der Waals surface area contributed by atoms with Crippen molar-refractivity contribution in [2.45, 2.75) is 20.4 Å². The molecule has 2 aromatic rings. The third kappa shape index (κ3) is 4.54. The Bertz CT molecular complexity index is 725. The van der Waals surface area contributed by atoms with Gasteiger partial charge in [-0.2, -0.15) is 0 Å². The van der Waals surface area contributed by atoms with Crippen LogP contribution >= 0.6 is 0 Å². The largest absolute Gasteiger partial charge is 0.347 e. The number of nitrogens with zero attached hydrogens (tertiary/aromatic N) is 4. The van der Waals surface area contributed by atoms with Crippen molar-refractivity contribution in [2.24, 2.45) is 0 Å². The molecule has 1 N–H and O–H groups in total. The van der Waals surface area contributed by atoms with Crippen molar-refractivity contribution in [1.29, 1.82) is 0 Å². The molecule has 0 unspecified atom stereocenters. The Kier molecular flexibility index (Phi) is 5.60. The fourth-order valence-corrected chi connectivity index (χ4v) is 2.99. The zero-order chi connectivity index (χ0) is 17.6. The summed E-state index contributed by atoms with van der Waals surface area (Å²) in [5, 5.41) is 2.93. The van der Waals surface area contributed by atoms with Gasteiger partial charge in [0.2, 0.25) is 5.95 Å². The lowest BCUT2D eigenvalue weighted by molar-refractivity contribution is 0.0945. The molecule has 1 aromatic carbocycles. The predicted molar refractivity (Wildman–Crippen MR) is 98.7 cm³/mol. The molecule has 0 aliphatic carbocycles. The first-order valence-corrected chi connectivity index (χ1v) is 8.80. The first-order chi connectivity index (χ1) is 12.2. The van der Waals surface area contributed by atoms with Gasteiger partial charge in [0.1, 0.15) is 5.69 Å². The average molecular weight is 339 g/mol. The highest BCUT2D eigenvalue weighted by Crippen LogP contribution is 2.11. The number of amides is 1. The number of rotatable bonds is 5. The summed E-state index contributed by atoms with van der Waals surface area (Å²) in [6, 6.07) is 9.78. The normalized spacial score (nSPS) is 15.2. The lowest BCUT2D eigenvalue weighted by Crippen LogP contribution is -2.46. The van der Waals surface area contributed by atoms with E-state index in [1.54, 1.807) is 12.3 Å². The Hall–Kier alpha value is -2.47. The number of nitrogens with one attached hydrogen (secondary N) is 1. The highest BCUT2D eigenvalue weighted by molar-refractivity contribution is 5.92. The molecule has 6 heteroatoms. The number of hydrogen-bond acceptors (Lipinski definition) is 5. The van der Waals surface area contributed by atoms with Crippen molar-refractivity contribution in [3.8, 4) is 0 Å². The number of hydrogen-bond donors (Lipinski definition) is 1. The van der Waals surface area contributed by atoms with Crippen LogP contribution in [-0.4, -0.2) is 53.5 Å². The zero-order valence-electron chi connectivity index (χ0n) is 14.9. The molecule has 1 aliphatic heterocycles. The minimum atomic E-state index is -0.169. The lowest BCUT2D eigenvalue weighted by Gasteiger charge is -2.34. The van der Waals surface area contributed by atoms with Crippen LogP contribution in [0.4, 0.5) is 5.95 Å². The molecule has 0 radical (unpaired) electrons. The van der Waals surface area contributed by atoms with E-state index in [-0.39, 0.29) is 5.91 Å². The molecule has 1 fully saturated rings. The van der Waals surface area contributed by atoms with Gasteiger partial charge in [-0.05, 0) is 25.1 Å². The smallest absolute Gasteiger partial charge is 0.270 e. The summed E-state index contributed by atoms with van der Waals surface area (Å²) >= 11 is 0. The number of piperazine rings is 1. The molecule has 2 heterocycles. The second-order valence-corrected chi connectivity index (χ2v) is 6.33. The first-order valence-electron chi connectivity index (χ1n) is 8.80. The van der Waals surface area contributed by atoms with E-state index < -0.39 is 0 Å². The van der Waals surface area contributed by atoms with Crippen LogP contribution in [0.3, 0.4) is 0 Å². The highest BCUT2D eigenvalue weighted by Gasteiger charge is 2.19. The molecule has 0 saturated carbocycles. The molecule has 1 aliphatic rings. The van der Waals surface area contributed by atoms with Crippen molar-refractivity contribution in [3.05, 3.63) is 53.3 Å². The number of aryl methyl sites for hydroxylation is 1. The van der Waals surface area contributed by atoms with Crippen LogP contribution in [0.1, 0.15) is 28.5 Å². The van der Waals surface area contributed by atoms with Crippen LogP contribution in [0.15, 0.2) is 36.5 Å². The van der Waals surface area contributed by atoms with E-state index >= 15 is 0 Å². The number of anilines is 1. The second-order valence-electron chi connectivity index (χ2n) is 6.33. The molecule has 25 heavy (non-hydrogen) atoms. The average Bonchev–Trinajstić information content (AvgIpc) is 2.66. The fourth-order valence-electron chi connectivity index (χ4n) is 2.99. The van der Waals surface area contributed by atoms with Crippen molar-refractivity contribution in [2.75, 3.05) is 37.6 Å². The lowest BCUT2D eigenvalue weighted by atomic mass is 10.1. The summed E-state index contributed by atoms with van der Waals surface area (Å²) < 4.78 is 0. The Labute approximate surface area is 148 Å². The molecule has 6 nitrogen and oxygen atoms in total. The van der Waals surface area contributed by atoms with Gasteiger partial charge in [-0.25, -0.2) is 9.97 Å². The summed E-state index contributed by atoms with van der Waals surface area (Å²) in [6.07, 6.45) is 1.66. The maximum absolute atomic E-state index is 12.4. The SMILES string of the molecule is CCN1CCN(c2nccc(C(=O)NCc3cccc(C)c3)n2)CC1. The molecular weight excluding hydrogens is 314 g/mol. The van der Waals surface area contributed by atoms with Crippen LogP contribution in [0, 0.1) is 6.92 Å². The topological polar surface area (TPSA) is 61.4 Å². The van der Waals surface area contributed by atoms with Crippen molar-refractivity contribution >= 4 is 11.9 Å². The minimum Gasteiger partial charge on any atom is -0.347 e. The first kappa shape index (κ1) is 17.4. The Balaban J connectivity index is 1.61. The van der Waals surface area contributed by atoms with Gasteiger partial charge in [0, 0.05) is 38.9 Å². The van der Waals surface area contributed by atoms with Crippen molar-refractivity contribution in [1.82, 2.24) is 20.2 Å². The molecule has 1 amide bonds. The fraction of sp³-hybridized carbons (Fsp3) is 0.421. The monoisotopic (exact) mass is 339 g/mol. The predicted octanol–water partition coefficient (Wildman–Crippen LogP) is 1.86. The van der Waals surface area contributed by atoms with Gasteiger partial charge in [0.25, 0.3) is 5.91 Å². The van der Waals surface area contributed by atoms with Crippen LogP contribution in [0.25, 0.3) is 0 Å². The van der Waals surface area contributed by atoms with Crippen LogP contribution in [0.5, 0.6) is 0 Å². The highest BCUT2D eigenvalue weighted by atomic mass is 16.1. The molecule has 3 rings (SSSR count). The van der Waals surface area contributed by atoms with E-state index in [1.165, 1.54) is 5.56 Å². The maximum atomic E-state index is 12.4. The molecular formula is C19H25N5O. The van der Waals surface area contributed by atoms with Gasteiger partial charge in [-0.1, -0.05) is 36.8 Å². The Morgan fingerprint density at radius 3 is 2.72 bits per heavy atom. The summed E-state index contributed by atoms with van der Waals surface area (Å²) in [5.74, 6) is 0.469. The maximum Gasteiger partial charge on any atom is 0.270 e. The van der Waals surface area contributed by atoms with Gasteiger partial charge in [0.05, 0.1) is 0 Å². The molecule has 132 valence electrons. The van der Waals surface area contributed by atoms with Crippen LogP contribution in [-0.2, 0) is 6.54 Å². The Morgan fingerprint density at radius 1 is 1.20 bits per heavy atom. The second kappa shape index (κ2) is 8.07. The van der Waals surface area contributed by atoms with E-state index in [4.69, 9.17) is 0 Å². The van der Waals surface area contributed by atoms with Crippen LogP contribution in [0.2, 0.25) is 0 Å². The van der Waals surface area contributed by atoms with E-state index in [0.29, 0.717) is 18.2 Å². The van der Waals surface area contributed by atoms with Crippen LogP contribution < -0.4 is 10.2 Å². The van der Waals surface area contributed by atoms with Crippen molar-refractivity contribution in [3.63, 3.8) is 0 Å². The Morgan fingerprint density at radius 2 is 2.00 bits per heavy atom. The number of carbonyl (C=O) groups is 1. The summed E-state index contributed by atoms with van der Waals surface area (Å²) in [7, 11) is 0. The number of benzene rings is 1. The molecule has 0 spiro atoms. The summed E-state index contributed by atoms with van der Waals surface area (Å²) in [5.41, 5.74) is 2.68. The number of aromatic nitrogens is 2. The van der Waals surface area contributed by atoms with E-state index in [0.717, 1.165) is 38.3 Å². The van der Waals surface area contributed by atoms with Crippen molar-refractivity contribution < 1.29 is 4.79 Å². The third-order valence-corrected chi connectivity index (χ3v) is 4.51. The quantitative estimate of drug-likeness (QED) is 0.901. The van der Waals surface area contributed by atoms with Gasteiger partial charge < -0.3 is 15.1 Å². The molecule has 1 aromatic heterocycles. The third-order valence-electron chi connectivity index (χ3n) is 4.51. The summed E-state index contributed by atoms with van der Waals surface area (Å²) in [6.45, 7) is 9.56. The van der Waals surface area contributed by atoms with Gasteiger partial charge >= 0.3 is 0 Å². The summed E-state index contributed by atoms with van der Waals surface area (Å²) in [4.78, 5) is 25.8. The number of carbonyl (C=O) groups excluding carboxylic acids is 1. The van der Waals surface area contributed by atoms with Gasteiger partial charge in [-0.3, -0.25) is 4.79 Å². The van der Waals surface area contributed by atoms with Gasteiger partial charge in [-0.15, -0.1) is 0 Å². The van der Waals surface area contributed by atoms with E-state index in [2.05, 4.69) is 38.1 Å². The standard InChI is InChI=1S/C19H25N5O/c1-3-23-9-11-24(12-10-23)19-20-8-7-17(22-19)18(25)21-14-16-6-4-5-15(2)13-16/h4-8,13H,3,9-12,14H2,1-2H3,(H,21,25). The van der Waals surface area contributed by atoms with E-state index in [9.17, 15) is 4.79 Å². The minimum absolute atomic E-state index is 0.169. The number of likely N-dealkylation sites (N-methyl/N-ethyl adjacent to an activating group) is 1. The van der Waals surface area contributed by atoms with Gasteiger partial charge in [0.15, 0.2) is 0 Å². The molecule has 1 saturated heterocycles.